The number of hydrogen-bond donors (Lipinski definition) is 2. The number of nitrogens with zero attached hydrogens (tertiary/aromatic N) is 3. The van der Waals surface area contributed by atoms with Crippen LogP contribution in [0.25, 0.3) is 16.7 Å². The second-order valence-electron chi connectivity index (χ2n) is 7.80. The zero-order valence-corrected chi connectivity index (χ0v) is 17.2. The summed E-state index contributed by atoms with van der Waals surface area (Å²) in [7, 11) is 0. The zero-order chi connectivity index (χ0) is 21.6. The fourth-order valence-electron chi connectivity index (χ4n) is 3.72. The molecule has 0 fully saturated rings. The molecule has 154 valence electrons. The third kappa shape index (κ3) is 3.45. The minimum atomic E-state index is -0.610. The van der Waals surface area contributed by atoms with Gasteiger partial charge in [0.1, 0.15) is 12.0 Å². The Bertz CT molecular complexity index is 1360. The number of aromatic nitrogens is 5. The number of H-pyrrole nitrogens is 2. The minimum Gasteiger partial charge on any atom is -0.359 e. The van der Waals surface area contributed by atoms with Crippen molar-refractivity contribution in [1.82, 2.24) is 24.7 Å². The van der Waals surface area contributed by atoms with Crippen molar-refractivity contribution in [3.8, 4) is 5.69 Å². The minimum absolute atomic E-state index is 0.274. The molecule has 0 aliphatic rings. The normalized spacial score (nSPS) is 11.5. The molecule has 0 saturated carbocycles. The third-order valence-corrected chi connectivity index (χ3v) is 5.31. The van der Waals surface area contributed by atoms with Crippen molar-refractivity contribution in [3.05, 3.63) is 85.2 Å². The summed E-state index contributed by atoms with van der Waals surface area (Å²) >= 11 is 0. The van der Waals surface area contributed by atoms with E-state index in [0.29, 0.717) is 23.3 Å². The molecule has 7 nitrogen and oxygen atoms in total. The van der Waals surface area contributed by atoms with Gasteiger partial charge in [-0.05, 0) is 54.2 Å². The summed E-state index contributed by atoms with van der Waals surface area (Å²) < 4.78 is 15.9. The van der Waals surface area contributed by atoms with Crippen LogP contribution in [-0.4, -0.2) is 24.7 Å². The van der Waals surface area contributed by atoms with Crippen molar-refractivity contribution in [2.24, 2.45) is 0 Å². The SMILES string of the molecule is Cc1cc(-n2ncc(=O)[nH]c2=O)cc(C)c1Cc1nc2c(C(C)C)c[nH]c2cc1F. The quantitative estimate of drug-likeness (QED) is 0.543. The van der Waals surface area contributed by atoms with Crippen molar-refractivity contribution < 1.29 is 4.39 Å². The number of nitrogens with one attached hydrogen (secondary N) is 2. The fourth-order valence-corrected chi connectivity index (χ4v) is 3.72. The number of aromatic amines is 2. The van der Waals surface area contributed by atoms with Crippen LogP contribution in [0.3, 0.4) is 0 Å². The largest absolute Gasteiger partial charge is 0.359 e. The van der Waals surface area contributed by atoms with E-state index in [4.69, 9.17) is 0 Å². The van der Waals surface area contributed by atoms with Gasteiger partial charge in [-0.1, -0.05) is 13.8 Å². The third-order valence-electron chi connectivity index (χ3n) is 5.31. The predicted octanol–water partition coefficient (Wildman–Crippen LogP) is 3.27. The van der Waals surface area contributed by atoms with Gasteiger partial charge in [0.05, 0.1) is 22.4 Å². The molecule has 0 unspecified atom stereocenters. The summed E-state index contributed by atoms with van der Waals surface area (Å²) in [6.07, 6.45) is 3.26. The van der Waals surface area contributed by atoms with Gasteiger partial charge >= 0.3 is 5.69 Å². The van der Waals surface area contributed by atoms with E-state index in [0.717, 1.165) is 38.6 Å². The highest BCUT2D eigenvalue weighted by Crippen LogP contribution is 2.27. The number of fused-ring (bicyclic) bond motifs is 1. The number of rotatable bonds is 4. The van der Waals surface area contributed by atoms with Gasteiger partial charge in [0.25, 0.3) is 5.56 Å². The van der Waals surface area contributed by atoms with Crippen molar-refractivity contribution in [3.63, 3.8) is 0 Å². The Morgan fingerprint density at radius 1 is 1.13 bits per heavy atom. The predicted molar refractivity (Wildman–Crippen MR) is 113 cm³/mol. The summed E-state index contributed by atoms with van der Waals surface area (Å²) in [5.41, 5.74) is 4.97. The maximum Gasteiger partial charge on any atom is 0.349 e. The van der Waals surface area contributed by atoms with E-state index < -0.39 is 11.2 Å². The molecule has 0 amide bonds. The average Bonchev–Trinajstić information content (AvgIpc) is 3.07. The highest BCUT2D eigenvalue weighted by molar-refractivity contribution is 5.79. The molecule has 0 radical (unpaired) electrons. The second-order valence-corrected chi connectivity index (χ2v) is 7.80. The van der Waals surface area contributed by atoms with E-state index >= 15 is 0 Å². The number of hydrogen-bond acceptors (Lipinski definition) is 4. The van der Waals surface area contributed by atoms with E-state index in [2.05, 4.69) is 33.9 Å². The molecule has 0 atom stereocenters. The summed E-state index contributed by atoms with van der Waals surface area (Å²) in [6, 6.07) is 5.08. The number of halogens is 1. The van der Waals surface area contributed by atoms with Crippen LogP contribution >= 0.6 is 0 Å². The lowest BCUT2D eigenvalue weighted by atomic mass is 9.97. The molecular weight excluding hydrogens is 385 g/mol. The molecule has 0 aliphatic carbocycles. The molecule has 30 heavy (non-hydrogen) atoms. The van der Waals surface area contributed by atoms with E-state index in [-0.39, 0.29) is 11.7 Å². The van der Waals surface area contributed by atoms with E-state index in [1.165, 1.54) is 6.07 Å². The van der Waals surface area contributed by atoms with Gasteiger partial charge in [0, 0.05) is 18.7 Å². The number of aryl methyl sites for hydroxylation is 2. The van der Waals surface area contributed by atoms with Gasteiger partial charge in [-0.2, -0.15) is 9.78 Å². The maximum atomic E-state index is 14.7. The van der Waals surface area contributed by atoms with E-state index in [9.17, 15) is 14.0 Å². The molecule has 3 aromatic heterocycles. The maximum absolute atomic E-state index is 14.7. The van der Waals surface area contributed by atoms with Gasteiger partial charge in [-0.3, -0.25) is 9.78 Å². The fraction of sp³-hybridized carbons (Fsp3) is 0.273. The summed E-state index contributed by atoms with van der Waals surface area (Å²) in [6.45, 7) is 7.95. The monoisotopic (exact) mass is 407 g/mol. The van der Waals surface area contributed by atoms with E-state index in [1.54, 1.807) is 12.1 Å². The first-order valence-electron chi connectivity index (χ1n) is 9.70. The molecule has 4 rings (SSSR count). The highest BCUT2D eigenvalue weighted by Gasteiger charge is 2.16. The first kappa shape index (κ1) is 19.8. The van der Waals surface area contributed by atoms with Crippen LogP contribution in [0.2, 0.25) is 0 Å². The molecule has 4 aromatic rings. The second kappa shape index (κ2) is 7.37. The molecule has 0 bridgehead atoms. The van der Waals surface area contributed by atoms with Crippen LogP contribution in [-0.2, 0) is 6.42 Å². The molecule has 1 aromatic carbocycles. The van der Waals surface area contributed by atoms with Crippen molar-refractivity contribution in [2.75, 3.05) is 0 Å². The van der Waals surface area contributed by atoms with Gasteiger partial charge in [0.2, 0.25) is 0 Å². The first-order valence-corrected chi connectivity index (χ1v) is 9.70. The molecule has 3 heterocycles. The number of pyridine rings is 1. The average molecular weight is 407 g/mol. The van der Waals surface area contributed by atoms with E-state index in [1.807, 2.05) is 20.0 Å². The van der Waals surface area contributed by atoms with Crippen LogP contribution in [0.15, 0.2) is 40.2 Å². The summed E-state index contributed by atoms with van der Waals surface area (Å²) in [4.78, 5) is 33.2. The van der Waals surface area contributed by atoms with Crippen molar-refractivity contribution in [2.45, 2.75) is 40.0 Å². The lowest BCUT2D eigenvalue weighted by molar-refractivity contribution is 0.606. The Morgan fingerprint density at radius 3 is 2.47 bits per heavy atom. The van der Waals surface area contributed by atoms with Gasteiger partial charge in [-0.25, -0.2) is 14.2 Å². The molecule has 8 heteroatoms. The molecule has 0 saturated heterocycles. The molecule has 2 N–H and O–H groups in total. The van der Waals surface area contributed by atoms with Crippen molar-refractivity contribution >= 4 is 11.0 Å². The van der Waals surface area contributed by atoms with Crippen LogP contribution in [0.4, 0.5) is 4.39 Å². The Balaban J connectivity index is 1.77. The van der Waals surface area contributed by atoms with Gasteiger partial charge in [-0.15, -0.1) is 0 Å². The van der Waals surface area contributed by atoms with Crippen LogP contribution in [0.5, 0.6) is 0 Å². The van der Waals surface area contributed by atoms with Gasteiger partial charge in [0.15, 0.2) is 0 Å². The Morgan fingerprint density at radius 2 is 1.83 bits per heavy atom. The molecule has 0 aliphatic heterocycles. The smallest absolute Gasteiger partial charge is 0.349 e. The van der Waals surface area contributed by atoms with Crippen LogP contribution in [0, 0.1) is 19.7 Å². The van der Waals surface area contributed by atoms with Crippen LogP contribution in [0.1, 0.15) is 47.7 Å². The topological polar surface area (TPSA) is 96.4 Å². The van der Waals surface area contributed by atoms with Crippen LogP contribution < -0.4 is 11.2 Å². The summed E-state index contributed by atoms with van der Waals surface area (Å²) in [5.74, 6) is -0.0866. The Labute approximate surface area is 171 Å². The van der Waals surface area contributed by atoms with Crippen molar-refractivity contribution in [1.29, 1.82) is 0 Å². The lowest BCUT2D eigenvalue weighted by Gasteiger charge is -2.14. The van der Waals surface area contributed by atoms with Gasteiger partial charge < -0.3 is 4.98 Å². The first-order chi connectivity index (χ1) is 14.2. The number of benzene rings is 1. The Hall–Kier alpha value is -3.55. The zero-order valence-electron chi connectivity index (χ0n) is 17.2. The summed E-state index contributed by atoms with van der Waals surface area (Å²) in [5, 5.41) is 3.90. The standard InChI is InChI=1S/C22H22FN5O2/c1-11(2)16-9-24-19-8-17(23)18(26-21(16)19)7-15-12(3)5-14(6-13(15)4)28-22(30)27-20(29)10-25-28/h5-6,8-11,24H,7H2,1-4H3,(H,27,29,30). The molecule has 0 spiro atoms. The highest BCUT2D eigenvalue weighted by atomic mass is 19.1. The molecular formula is C22H22FN5O2. The Kier molecular flexibility index (Phi) is 4.85. The lowest BCUT2D eigenvalue weighted by Crippen LogP contribution is -2.30.